The van der Waals surface area contributed by atoms with Crippen molar-refractivity contribution in [2.24, 2.45) is 0 Å². The van der Waals surface area contributed by atoms with Crippen LogP contribution < -0.4 is 0 Å². The first-order valence-corrected chi connectivity index (χ1v) is 27.8. The second-order valence-electron chi connectivity index (χ2n) is 20.9. The third-order valence-electron chi connectivity index (χ3n) is 15.9. The molecule has 0 unspecified atom stereocenters. The molecular formula is C76H46F2N6. The zero-order valence-electron chi connectivity index (χ0n) is 45.0. The topological polar surface area (TPSA) is 72.3 Å². The maximum atomic E-state index is 15.9. The van der Waals surface area contributed by atoms with E-state index in [-0.39, 0.29) is 11.1 Å². The summed E-state index contributed by atoms with van der Waals surface area (Å²) in [6.45, 7) is 0. The number of rotatable bonds is 10. The Bertz CT molecular complexity index is 4940. The van der Waals surface area contributed by atoms with E-state index in [1.165, 1.54) is 12.1 Å². The SMILES string of the molecule is N#Cc1c(-n2c3cc(-c4cccc(-c5ccccc5)n4)ccc3c3cccc(-c4ccccc4)c32)ccc(-c2cc(F)cc(F)c2)c1-n1c2cc(-c3cccc(-c4ccccc4)n3)ccc2c2ccc(-c3cccc(-c4ccccc4)n3)cc21. The van der Waals surface area contributed by atoms with Gasteiger partial charge in [0.15, 0.2) is 0 Å². The molecular weight excluding hydrogens is 1030 g/mol. The Hall–Kier alpha value is -11.4. The normalized spacial score (nSPS) is 11.4. The standard InChI is InChI=1S/C76H46F2N6/c77-56-41-55(42-57(78)46-56)59-39-40-71(83-74-45-54(70-32-16-29-67(82-70)51-23-11-4-12-24-51)35-38-62(74)63-26-13-25-58(75(63)83)48-17-5-1-6-18-48)64(47-79)76(59)84-72-43-52(68-30-14-27-65(80-68)49-19-7-2-8-20-49)33-36-60(72)61-37-34-53(44-73(61)84)69-31-15-28-66(81-69)50-21-9-3-10-22-50/h1-46H. The smallest absolute Gasteiger partial charge is 0.126 e. The van der Waals surface area contributed by atoms with Crippen molar-refractivity contribution in [2.45, 2.75) is 0 Å². The highest BCUT2D eigenvalue weighted by atomic mass is 19.1. The van der Waals surface area contributed by atoms with Gasteiger partial charge in [-0.25, -0.2) is 23.7 Å². The fourth-order valence-electron chi connectivity index (χ4n) is 12.1. The van der Waals surface area contributed by atoms with Crippen molar-refractivity contribution < 1.29 is 8.78 Å². The predicted octanol–water partition coefficient (Wildman–Crippen LogP) is 19.6. The summed E-state index contributed by atoms with van der Waals surface area (Å²) in [6, 6.07) is 94.1. The van der Waals surface area contributed by atoms with Crippen LogP contribution in [0, 0.1) is 23.0 Å². The van der Waals surface area contributed by atoms with Crippen LogP contribution in [0.25, 0.3) is 145 Å². The molecule has 0 aliphatic rings. The highest BCUT2D eigenvalue weighted by Crippen LogP contribution is 2.46. The summed E-state index contributed by atoms with van der Waals surface area (Å²) in [5.41, 5.74) is 17.5. The monoisotopic (exact) mass is 1080 g/mol. The fourth-order valence-corrected chi connectivity index (χ4v) is 12.1. The number of hydrogen-bond acceptors (Lipinski definition) is 4. The van der Waals surface area contributed by atoms with Crippen molar-refractivity contribution in [2.75, 3.05) is 0 Å². The maximum Gasteiger partial charge on any atom is 0.126 e. The van der Waals surface area contributed by atoms with Crippen molar-refractivity contribution >= 4 is 43.6 Å². The third kappa shape index (κ3) is 8.67. The van der Waals surface area contributed by atoms with E-state index in [0.29, 0.717) is 16.9 Å². The highest BCUT2D eigenvalue weighted by molar-refractivity contribution is 6.16. The molecule has 0 saturated carbocycles. The molecule has 0 radical (unpaired) electrons. The number of aromatic nitrogens is 5. The van der Waals surface area contributed by atoms with Gasteiger partial charge in [-0.1, -0.05) is 200 Å². The average Bonchev–Trinajstić information content (AvgIpc) is 1.69. The van der Waals surface area contributed by atoms with Gasteiger partial charge in [-0.2, -0.15) is 5.26 Å². The van der Waals surface area contributed by atoms with E-state index in [1.807, 2.05) is 164 Å². The van der Waals surface area contributed by atoms with Crippen molar-refractivity contribution in [3.05, 3.63) is 296 Å². The molecule has 0 atom stereocenters. The molecule has 6 nitrogen and oxygen atoms in total. The minimum atomic E-state index is -0.744. The van der Waals surface area contributed by atoms with E-state index in [9.17, 15) is 5.26 Å². The molecule has 0 N–H and O–H groups in total. The Balaban J connectivity index is 1.05. The van der Waals surface area contributed by atoms with Gasteiger partial charge in [0.25, 0.3) is 0 Å². The number of nitriles is 1. The van der Waals surface area contributed by atoms with Gasteiger partial charge in [-0.3, -0.25) is 0 Å². The number of benzene rings is 10. The number of hydrogen-bond donors (Lipinski definition) is 0. The first kappa shape index (κ1) is 49.6. The summed E-state index contributed by atoms with van der Waals surface area (Å²) in [5, 5.41) is 16.1. The van der Waals surface area contributed by atoms with Crippen molar-refractivity contribution in [1.82, 2.24) is 24.1 Å². The van der Waals surface area contributed by atoms with Gasteiger partial charge >= 0.3 is 0 Å². The van der Waals surface area contributed by atoms with Gasteiger partial charge in [0.1, 0.15) is 23.3 Å². The van der Waals surface area contributed by atoms with Crippen LogP contribution in [0.15, 0.2) is 279 Å². The second kappa shape index (κ2) is 20.6. The average molecular weight is 1080 g/mol. The van der Waals surface area contributed by atoms with Crippen LogP contribution in [0.2, 0.25) is 0 Å². The number of para-hydroxylation sites is 1. The fraction of sp³-hybridized carbons (Fsp3) is 0. The summed E-state index contributed by atoms with van der Waals surface area (Å²) < 4.78 is 36.1. The Morgan fingerprint density at radius 1 is 0.298 bits per heavy atom. The van der Waals surface area contributed by atoms with E-state index in [4.69, 9.17) is 15.0 Å². The Morgan fingerprint density at radius 2 is 0.690 bits per heavy atom. The van der Waals surface area contributed by atoms with Gasteiger partial charge in [0.2, 0.25) is 0 Å². The zero-order valence-corrected chi connectivity index (χ0v) is 45.0. The van der Waals surface area contributed by atoms with Crippen LogP contribution in [0.3, 0.4) is 0 Å². The zero-order chi connectivity index (χ0) is 56.3. The Kier molecular flexibility index (Phi) is 12.2. The lowest BCUT2D eigenvalue weighted by Crippen LogP contribution is -2.07. The molecule has 0 spiro atoms. The van der Waals surface area contributed by atoms with Gasteiger partial charge in [-0.15, -0.1) is 0 Å². The van der Waals surface area contributed by atoms with E-state index in [1.54, 1.807) is 0 Å². The van der Waals surface area contributed by atoms with Crippen LogP contribution in [0.5, 0.6) is 0 Å². The summed E-state index contributed by atoms with van der Waals surface area (Å²) in [4.78, 5) is 15.6. The van der Waals surface area contributed by atoms with E-state index in [2.05, 4.69) is 112 Å². The summed E-state index contributed by atoms with van der Waals surface area (Å²) in [7, 11) is 0. The van der Waals surface area contributed by atoms with Crippen molar-refractivity contribution in [1.29, 1.82) is 5.26 Å². The molecule has 394 valence electrons. The number of nitrogens with zero attached hydrogens (tertiary/aromatic N) is 6. The van der Waals surface area contributed by atoms with E-state index < -0.39 is 11.6 Å². The molecule has 15 aromatic rings. The second-order valence-corrected chi connectivity index (χ2v) is 20.9. The minimum absolute atomic E-state index is 0.265. The lowest BCUT2D eigenvalue weighted by atomic mass is 9.97. The van der Waals surface area contributed by atoms with E-state index in [0.717, 1.165) is 128 Å². The van der Waals surface area contributed by atoms with Gasteiger partial charge in [-0.05, 0) is 83.9 Å². The van der Waals surface area contributed by atoms with Crippen LogP contribution in [0.4, 0.5) is 8.78 Å². The molecule has 0 aliphatic carbocycles. The first-order chi connectivity index (χ1) is 41.4. The molecule has 15 rings (SSSR count). The molecule has 10 aromatic carbocycles. The molecule has 8 heteroatoms. The van der Waals surface area contributed by atoms with Crippen LogP contribution in [-0.4, -0.2) is 24.1 Å². The number of halogens is 2. The van der Waals surface area contributed by atoms with Crippen LogP contribution in [-0.2, 0) is 0 Å². The Labute approximate surface area is 482 Å². The first-order valence-electron chi connectivity index (χ1n) is 27.8. The minimum Gasteiger partial charge on any atom is -0.307 e. The van der Waals surface area contributed by atoms with Crippen LogP contribution in [0.1, 0.15) is 5.56 Å². The summed E-state index contributed by atoms with van der Waals surface area (Å²) in [6.07, 6.45) is 0. The Morgan fingerprint density at radius 3 is 1.13 bits per heavy atom. The molecule has 0 amide bonds. The molecule has 5 heterocycles. The molecule has 0 aliphatic heterocycles. The van der Waals surface area contributed by atoms with Crippen LogP contribution >= 0.6 is 0 Å². The van der Waals surface area contributed by atoms with Crippen molar-refractivity contribution in [3.8, 4) is 107 Å². The number of fused-ring (bicyclic) bond motifs is 6. The third-order valence-corrected chi connectivity index (χ3v) is 15.9. The molecule has 0 fully saturated rings. The number of pyridine rings is 3. The molecule has 0 saturated heterocycles. The highest BCUT2D eigenvalue weighted by Gasteiger charge is 2.27. The quantitative estimate of drug-likeness (QED) is 0.137. The predicted molar refractivity (Wildman–Crippen MR) is 337 cm³/mol. The maximum absolute atomic E-state index is 15.9. The summed E-state index contributed by atoms with van der Waals surface area (Å²) in [5.74, 6) is -1.49. The van der Waals surface area contributed by atoms with Gasteiger partial charge in [0.05, 0.1) is 67.6 Å². The largest absolute Gasteiger partial charge is 0.307 e. The summed E-state index contributed by atoms with van der Waals surface area (Å²) >= 11 is 0. The molecule has 0 bridgehead atoms. The lowest BCUT2D eigenvalue weighted by molar-refractivity contribution is 0.584. The molecule has 84 heavy (non-hydrogen) atoms. The lowest BCUT2D eigenvalue weighted by Gasteiger charge is -2.21. The van der Waals surface area contributed by atoms with Gasteiger partial charge < -0.3 is 9.13 Å². The van der Waals surface area contributed by atoms with E-state index >= 15 is 8.78 Å². The molecule has 5 aromatic heterocycles. The van der Waals surface area contributed by atoms with Gasteiger partial charge in [0, 0.05) is 72.1 Å². The van der Waals surface area contributed by atoms with Crippen molar-refractivity contribution in [3.63, 3.8) is 0 Å².